The number of thiophene rings is 1. The molecule has 0 fully saturated rings. The van der Waals surface area contributed by atoms with Crippen molar-refractivity contribution in [1.82, 2.24) is 9.13 Å². The summed E-state index contributed by atoms with van der Waals surface area (Å²) in [4.78, 5) is 0. The topological polar surface area (TPSA) is 23.0 Å². The standard InChI is InChI=1S/C48H28N2OS/c1-2-10-31(11-3-1)49-39-15-7-4-12-33(39)37-26-29(18-22-41(37)49)30-19-23-42-38(27-30)34-13-5-8-16-40(34)50(42)32-20-21-36-46(28-32)52-45-25-24-44-47(48(36)45)35-14-6-9-17-43(35)51-44/h1-28H. The number of hydrogen-bond acceptors (Lipinski definition) is 2. The number of benzene rings is 8. The summed E-state index contributed by atoms with van der Waals surface area (Å²) in [7, 11) is 0. The highest BCUT2D eigenvalue weighted by Gasteiger charge is 2.18. The monoisotopic (exact) mass is 680 g/mol. The van der Waals surface area contributed by atoms with Gasteiger partial charge in [-0.05, 0) is 90.0 Å². The maximum atomic E-state index is 6.26. The normalized spacial score (nSPS) is 12.2. The van der Waals surface area contributed by atoms with E-state index in [1.165, 1.54) is 97.1 Å². The van der Waals surface area contributed by atoms with Gasteiger partial charge in [0.15, 0.2) is 0 Å². The predicted molar refractivity (Wildman–Crippen MR) is 221 cm³/mol. The van der Waals surface area contributed by atoms with Gasteiger partial charge in [0.2, 0.25) is 0 Å². The lowest BCUT2D eigenvalue weighted by atomic mass is 10.0. The van der Waals surface area contributed by atoms with E-state index >= 15 is 0 Å². The van der Waals surface area contributed by atoms with E-state index in [0.717, 1.165) is 11.2 Å². The van der Waals surface area contributed by atoms with Crippen LogP contribution in [0.25, 0.3) is 108 Å². The fraction of sp³-hybridized carbons (Fsp3) is 0. The molecular formula is C48H28N2OS. The molecule has 52 heavy (non-hydrogen) atoms. The Morgan fingerprint density at radius 1 is 0.346 bits per heavy atom. The van der Waals surface area contributed by atoms with Crippen LogP contribution in [-0.4, -0.2) is 9.13 Å². The van der Waals surface area contributed by atoms with Crippen molar-refractivity contribution in [3.63, 3.8) is 0 Å². The van der Waals surface area contributed by atoms with Gasteiger partial charge < -0.3 is 13.6 Å². The van der Waals surface area contributed by atoms with Crippen molar-refractivity contribution < 1.29 is 4.42 Å². The molecule has 242 valence electrons. The minimum Gasteiger partial charge on any atom is -0.456 e. The molecule has 0 N–H and O–H groups in total. The lowest BCUT2D eigenvalue weighted by Gasteiger charge is -2.09. The smallest absolute Gasteiger partial charge is 0.136 e. The molecule has 4 heterocycles. The first-order chi connectivity index (χ1) is 25.8. The number of furan rings is 1. The van der Waals surface area contributed by atoms with E-state index in [1.807, 2.05) is 17.4 Å². The predicted octanol–water partition coefficient (Wildman–Crippen LogP) is 13.8. The number of para-hydroxylation sites is 4. The van der Waals surface area contributed by atoms with Crippen LogP contribution in [0.5, 0.6) is 0 Å². The van der Waals surface area contributed by atoms with E-state index in [4.69, 9.17) is 4.42 Å². The third kappa shape index (κ3) is 3.84. The van der Waals surface area contributed by atoms with Crippen molar-refractivity contribution in [3.8, 4) is 22.5 Å². The summed E-state index contributed by atoms with van der Waals surface area (Å²) in [6.07, 6.45) is 0. The van der Waals surface area contributed by atoms with Crippen LogP contribution in [0.1, 0.15) is 0 Å². The lowest BCUT2D eigenvalue weighted by Crippen LogP contribution is -1.93. The van der Waals surface area contributed by atoms with Gasteiger partial charge in [-0.2, -0.15) is 0 Å². The molecule has 0 radical (unpaired) electrons. The highest BCUT2D eigenvalue weighted by molar-refractivity contribution is 7.26. The number of nitrogens with zero attached hydrogens (tertiary/aromatic N) is 2. The molecule has 8 aromatic carbocycles. The van der Waals surface area contributed by atoms with Crippen LogP contribution in [0.3, 0.4) is 0 Å². The fourth-order valence-electron chi connectivity index (χ4n) is 8.65. The number of fused-ring (bicyclic) bond motifs is 13. The summed E-state index contributed by atoms with van der Waals surface area (Å²) in [6.45, 7) is 0. The van der Waals surface area contributed by atoms with Gasteiger partial charge in [-0.15, -0.1) is 11.3 Å². The zero-order chi connectivity index (χ0) is 33.9. The molecule has 0 unspecified atom stereocenters. The first kappa shape index (κ1) is 28.1. The highest BCUT2D eigenvalue weighted by atomic mass is 32.1. The second-order valence-corrected chi connectivity index (χ2v) is 14.8. The van der Waals surface area contributed by atoms with Crippen LogP contribution in [0.2, 0.25) is 0 Å². The zero-order valence-corrected chi connectivity index (χ0v) is 28.7. The van der Waals surface area contributed by atoms with E-state index in [9.17, 15) is 0 Å². The van der Waals surface area contributed by atoms with E-state index < -0.39 is 0 Å². The third-order valence-electron chi connectivity index (χ3n) is 10.9. The van der Waals surface area contributed by atoms with Crippen LogP contribution in [0.4, 0.5) is 0 Å². The van der Waals surface area contributed by atoms with Gasteiger partial charge in [0, 0.05) is 63.9 Å². The highest BCUT2D eigenvalue weighted by Crippen LogP contribution is 2.44. The first-order valence-electron chi connectivity index (χ1n) is 17.7. The van der Waals surface area contributed by atoms with Crippen molar-refractivity contribution in [3.05, 3.63) is 170 Å². The minimum absolute atomic E-state index is 0.935. The Bertz CT molecular complexity index is 3410. The summed E-state index contributed by atoms with van der Waals surface area (Å²) in [5, 5.41) is 9.96. The molecule has 4 heteroatoms. The molecule has 0 aliphatic carbocycles. The summed E-state index contributed by atoms with van der Waals surface area (Å²) < 4.78 is 13.6. The van der Waals surface area contributed by atoms with Crippen molar-refractivity contribution in [2.75, 3.05) is 0 Å². The second-order valence-electron chi connectivity index (χ2n) is 13.7. The fourth-order valence-corrected chi connectivity index (χ4v) is 9.79. The molecule has 3 nitrogen and oxygen atoms in total. The second kappa shape index (κ2) is 10.5. The molecular weight excluding hydrogens is 653 g/mol. The molecule has 0 aliphatic rings. The van der Waals surface area contributed by atoms with Gasteiger partial charge in [0.25, 0.3) is 0 Å². The largest absolute Gasteiger partial charge is 0.456 e. The Kier molecular flexibility index (Phi) is 5.65. The molecule has 0 aliphatic heterocycles. The zero-order valence-electron chi connectivity index (χ0n) is 27.9. The van der Waals surface area contributed by atoms with Crippen LogP contribution in [0, 0.1) is 0 Å². The van der Waals surface area contributed by atoms with E-state index in [0.29, 0.717) is 0 Å². The summed E-state index contributed by atoms with van der Waals surface area (Å²) >= 11 is 1.86. The summed E-state index contributed by atoms with van der Waals surface area (Å²) in [6, 6.07) is 61.7. The van der Waals surface area contributed by atoms with Gasteiger partial charge in [0.05, 0.1) is 22.1 Å². The maximum absolute atomic E-state index is 6.26. The molecule has 0 amide bonds. The Morgan fingerprint density at radius 3 is 1.65 bits per heavy atom. The average molecular weight is 681 g/mol. The van der Waals surface area contributed by atoms with Crippen LogP contribution >= 0.6 is 11.3 Å². The Morgan fingerprint density at radius 2 is 0.942 bits per heavy atom. The summed E-state index contributed by atoms with van der Waals surface area (Å²) in [5.74, 6) is 0. The Hall–Kier alpha value is -6.62. The summed E-state index contributed by atoms with van der Waals surface area (Å²) in [5.41, 5.74) is 11.5. The van der Waals surface area contributed by atoms with Crippen molar-refractivity contribution >= 4 is 97.1 Å². The van der Waals surface area contributed by atoms with Crippen LogP contribution < -0.4 is 0 Å². The number of aromatic nitrogens is 2. The lowest BCUT2D eigenvalue weighted by molar-refractivity contribution is 0.669. The molecule has 0 atom stereocenters. The first-order valence-corrected chi connectivity index (χ1v) is 18.5. The van der Waals surface area contributed by atoms with Crippen molar-refractivity contribution in [1.29, 1.82) is 0 Å². The van der Waals surface area contributed by atoms with Crippen LogP contribution in [-0.2, 0) is 0 Å². The van der Waals surface area contributed by atoms with Crippen LogP contribution in [0.15, 0.2) is 174 Å². The van der Waals surface area contributed by atoms with E-state index in [2.05, 4.69) is 173 Å². The average Bonchev–Trinajstić information content (AvgIpc) is 3.95. The van der Waals surface area contributed by atoms with Crippen molar-refractivity contribution in [2.45, 2.75) is 0 Å². The molecule has 12 aromatic rings. The molecule has 4 aromatic heterocycles. The van der Waals surface area contributed by atoms with E-state index in [1.54, 1.807) is 0 Å². The molecule has 0 spiro atoms. The number of rotatable bonds is 3. The molecule has 12 rings (SSSR count). The maximum Gasteiger partial charge on any atom is 0.136 e. The minimum atomic E-state index is 0.935. The van der Waals surface area contributed by atoms with Gasteiger partial charge in [0.1, 0.15) is 11.2 Å². The van der Waals surface area contributed by atoms with Gasteiger partial charge >= 0.3 is 0 Å². The van der Waals surface area contributed by atoms with Gasteiger partial charge in [-0.1, -0.05) is 91.0 Å². The Labute approximate surface area is 301 Å². The number of hydrogen-bond donors (Lipinski definition) is 0. The quantitative estimate of drug-likeness (QED) is 0.182. The van der Waals surface area contributed by atoms with Gasteiger partial charge in [-0.3, -0.25) is 0 Å². The third-order valence-corrected chi connectivity index (χ3v) is 12.0. The van der Waals surface area contributed by atoms with E-state index in [-0.39, 0.29) is 0 Å². The molecule has 0 bridgehead atoms. The van der Waals surface area contributed by atoms with Gasteiger partial charge in [-0.25, -0.2) is 0 Å². The molecule has 0 saturated carbocycles. The van der Waals surface area contributed by atoms with Crippen molar-refractivity contribution in [2.24, 2.45) is 0 Å². The Balaban J connectivity index is 1.04. The SMILES string of the molecule is c1ccc(-n2c3ccccc3c3cc(-c4ccc5c(c4)c4ccccc4n5-c4ccc5c(c4)sc4ccc6oc7ccccc7c6c45)ccc32)cc1. The molecule has 0 saturated heterocycles.